The van der Waals surface area contributed by atoms with Gasteiger partial charge in [0.1, 0.15) is 6.04 Å². The molecular formula is C20H22ClN3O3S2. The minimum absolute atomic E-state index is 0.210. The summed E-state index contributed by atoms with van der Waals surface area (Å²) < 4.78 is 27.9. The van der Waals surface area contributed by atoms with Crippen LogP contribution in [0.5, 0.6) is 0 Å². The first-order valence-electron chi connectivity index (χ1n) is 9.43. The Balaban J connectivity index is 1.48. The van der Waals surface area contributed by atoms with Crippen molar-refractivity contribution in [3.05, 3.63) is 55.6 Å². The van der Waals surface area contributed by atoms with Crippen LogP contribution in [0.1, 0.15) is 28.0 Å². The number of thiophene rings is 1. The fourth-order valence-electron chi connectivity index (χ4n) is 3.77. The summed E-state index contributed by atoms with van der Waals surface area (Å²) >= 11 is 7.15. The molecule has 29 heavy (non-hydrogen) atoms. The van der Waals surface area contributed by atoms with Crippen LogP contribution < -0.4 is 14.9 Å². The topological polar surface area (TPSA) is 78.5 Å². The van der Waals surface area contributed by atoms with E-state index in [0.717, 1.165) is 41.0 Å². The van der Waals surface area contributed by atoms with Gasteiger partial charge in [-0.25, -0.2) is 8.42 Å². The molecule has 0 radical (unpaired) electrons. The SMILES string of the molecule is Cc1cc2c(cc1N1CCC(NS(=O)(=O)/C=C/c3ccc(Cl)s3)C1=O)CCNC2. The number of benzene rings is 1. The van der Waals surface area contributed by atoms with Gasteiger partial charge in [-0.3, -0.25) is 4.79 Å². The van der Waals surface area contributed by atoms with E-state index < -0.39 is 16.1 Å². The van der Waals surface area contributed by atoms with Crippen LogP contribution in [0.2, 0.25) is 4.34 Å². The zero-order valence-electron chi connectivity index (χ0n) is 15.9. The number of fused-ring (bicyclic) bond motifs is 1. The molecule has 2 N–H and O–H groups in total. The third kappa shape index (κ3) is 4.57. The standard InChI is InChI=1S/C20H22ClN3O3S2/c1-13-10-15-12-22-7-4-14(15)11-18(13)24-8-5-17(20(24)25)23-29(26,27)9-6-16-2-3-19(21)28-16/h2-3,6,9-11,17,22-23H,4-5,7-8,12H2,1H3/b9-6+. The fourth-order valence-corrected chi connectivity index (χ4v) is 5.84. The van der Waals surface area contributed by atoms with Gasteiger partial charge in [0.05, 0.1) is 4.34 Å². The number of nitrogens with one attached hydrogen (secondary N) is 2. The van der Waals surface area contributed by atoms with E-state index in [1.807, 2.05) is 6.92 Å². The smallest absolute Gasteiger partial charge is 0.245 e. The monoisotopic (exact) mass is 451 g/mol. The zero-order chi connectivity index (χ0) is 20.6. The van der Waals surface area contributed by atoms with Gasteiger partial charge in [0.15, 0.2) is 0 Å². The molecule has 2 aliphatic rings. The molecule has 154 valence electrons. The Bertz CT molecular complexity index is 1080. The van der Waals surface area contributed by atoms with Crippen LogP contribution in [0.3, 0.4) is 0 Å². The summed E-state index contributed by atoms with van der Waals surface area (Å²) in [5, 5.41) is 4.44. The van der Waals surface area contributed by atoms with Crippen molar-refractivity contribution in [2.45, 2.75) is 32.4 Å². The van der Waals surface area contributed by atoms with E-state index in [1.165, 1.54) is 28.5 Å². The quantitative estimate of drug-likeness (QED) is 0.732. The molecule has 2 aliphatic heterocycles. The first kappa shape index (κ1) is 20.6. The van der Waals surface area contributed by atoms with Crippen molar-refractivity contribution in [2.75, 3.05) is 18.0 Å². The highest BCUT2D eigenvalue weighted by molar-refractivity contribution is 7.92. The largest absolute Gasteiger partial charge is 0.312 e. The minimum Gasteiger partial charge on any atom is -0.312 e. The molecule has 9 heteroatoms. The number of sulfonamides is 1. The zero-order valence-corrected chi connectivity index (χ0v) is 18.3. The van der Waals surface area contributed by atoms with Crippen LogP contribution in [0.25, 0.3) is 6.08 Å². The number of rotatable bonds is 5. The fraction of sp³-hybridized carbons (Fsp3) is 0.350. The molecule has 2 aromatic rings. The number of hydrogen-bond acceptors (Lipinski definition) is 5. The molecule has 0 bridgehead atoms. The number of aryl methyl sites for hydroxylation is 1. The van der Waals surface area contributed by atoms with Crippen LogP contribution >= 0.6 is 22.9 Å². The van der Waals surface area contributed by atoms with Gasteiger partial charge < -0.3 is 10.2 Å². The van der Waals surface area contributed by atoms with E-state index >= 15 is 0 Å². The van der Waals surface area contributed by atoms with Gasteiger partial charge in [-0.2, -0.15) is 4.72 Å². The number of carbonyl (C=O) groups excluding carboxylic acids is 1. The first-order valence-corrected chi connectivity index (χ1v) is 12.2. The second-order valence-electron chi connectivity index (χ2n) is 7.27. The summed E-state index contributed by atoms with van der Waals surface area (Å²) in [7, 11) is -3.74. The van der Waals surface area contributed by atoms with E-state index in [4.69, 9.17) is 11.6 Å². The Kier molecular flexibility index (Phi) is 5.81. The minimum atomic E-state index is -3.74. The van der Waals surface area contributed by atoms with E-state index in [2.05, 4.69) is 22.2 Å². The van der Waals surface area contributed by atoms with Crippen molar-refractivity contribution in [1.29, 1.82) is 0 Å². The number of anilines is 1. The lowest BCUT2D eigenvalue weighted by molar-refractivity contribution is -0.118. The molecular weight excluding hydrogens is 430 g/mol. The molecule has 3 heterocycles. The van der Waals surface area contributed by atoms with Gasteiger partial charge >= 0.3 is 0 Å². The maximum atomic E-state index is 12.9. The third-order valence-corrected chi connectivity index (χ3v) is 7.52. The lowest BCUT2D eigenvalue weighted by Crippen LogP contribution is -2.41. The van der Waals surface area contributed by atoms with Crippen LogP contribution in [-0.2, 0) is 27.8 Å². The summed E-state index contributed by atoms with van der Waals surface area (Å²) in [6.07, 6.45) is 2.85. The maximum Gasteiger partial charge on any atom is 0.245 e. The van der Waals surface area contributed by atoms with Crippen molar-refractivity contribution in [3.63, 3.8) is 0 Å². The van der Waals surface area contributed by atoms with Crippen LogP contribution in [0, 0.1) is 6.92 Å². The summed E-state index contributed by atoms with van der Waals surface area (Å²) in [6.45, 7) is 4.25. The van der Waals surface area contributed by atoms with Gasteiger partial charge in [-0.1, -0.05) is 17.7 Å². The molecule has 1 aromatic carbocycles. The highest BCUT2D eigenvalue weighted by Crippen LogP contribution is 2.30. The van der Waals surface area contributed by atoms with Crippen LogP contribution in [0.15, 0.2) is 29.7 Å². The molecule has 0 saturated carbocycles. The highest BCUT2D eigenvalue weighted by atomic mass is 35.5. The molecule has 1 aromatic heterocycles. The van der Waals surface area contributed by atoms with E-state index in [9.17, 15) is 13.2 Å². The Hall–Kier alpha value is -1.71. The third-order valence-electron chi connectivity index (χ3n) is 5.21. The predicted molar refractivity (Wildman–Crippen MR) is 118 cm³/mol. The molecule has 4 rings (SSSR count). The molecule has 0 aliphatic carbocycles. The average Bonchev–Trinajstić information content (AvgIpc) is 3.25. The van der Waals surface area contributed by atoms with Gasteiger partial charge in [-0.05, 0) is 67.3 Å². The number of halogens is 1. The predicted octanol–water partition coefficient (Wildman–Crippen LogP) is 3.05. The summed E-state index contributed by atoms with van der Waals surface area (Å²) in [6, 6.07) is 6.91. The highest BCUT2D eigenvalue weighted by Gasteiger charge is 2.35. The molecule has 1 amide bonds. The Labute approximate surface area is 179 Å². The average molecular weight is 452 g/mol. The van der Waals surface area contributed by atoms with Crippen LogP contribution in [-0.4, -0.2) is 33.5 Å². The summed E-state index contributed by atoms with van der Waals surface area (Å²) in [5.74, 6) is -0.210. The first-order chi connectivity index (χ1) is 13.8. The van der Waals surface area contributed by atoms with Gasteiger partial charge in [-0.15, -0.1) is 11.3 Å². The Morgan fingerprint density at radius 1 is 1.31 bits per heavy atom. The molecule has 1 unspecified atom stereocenters. The number of carbonyl (C=O) groups is 1. The van der Waals surface area contributed by atoms with Crippen molar-refractivity contribution in [1.82, 2.24) is 10.0 Å². The van der Waals surface area contributed by atoms with Crippen molar-refractivity contribution in [2.24, 2.45) is 0 Å². The summed E-state index contributed by atoms with van der Waals surface area (Å²) in [5.41, 5.74) is 4.42. The maximum absolute atomic E-state index is 12.9. The molecule has 1 fully saturated rings. The number of nitrogens with zero attached hydrogens (tertiary/aromatic N) is 1. The number of amides is 1. The van der Waals surface area contributed by atoms with E-state index in [-0.39, 0.29) is 5.91 Å². The van der Waals surface area contributed by atoms with E-state index in [0.29, 0.717) is 17.3 Å². The molecule has 1 saturated heterocycles. The Morgan fingerprint density at radius 2 is 2.14 bits per heavy atom. The van der Waals surface area contributed by atoms with Gasteiger partial charge in [0, 0.05) is 29.1 Å². The summed E-state index contributed by atoms with van der Waals surface area (Å²) in [4.78, 5) is 15.4. The lowest BCUT2D eigenvalue weighted by Gasteiger charge is -2.24. The van der Waals surface area contributed by atoms with Crippen LogP contribution in [0.4, 0.5) is 5.69 Å². The molecule has 6 nitrogen and oxygen atoms in total. The Morgan fingerprint density at radius 3 is 2.90 bits per heavy atom. The lowest BCUT2D eigenvalue weighted by atomic mass is 9.97. The van der Waals surface area contributed by atoms with Crippen molar-refractivity contribution < 1.29 is 13.2 Å². The second-order valence-corrected chi connectivity index (χ2v) is 10.6. The normalized spacial score (nSPS) is 19.9. The second kappa shape index (κ2) is 8.20. The van der Waals surface area contributed by atoms with Gasteiger partial charge in [0.25, 0.3) is 0 Å². The number of hydrogen-bond donors (Lipinski definition) is 2. The van der Waals surface area contributed by atoms with Crippen molar-refractivity contribution in [3.8, 4) is 0 Å². The molecule has 0 spiro atoms. The van der Waals surface area contributed by atoms with Gasteiger partial charge in [0.2, 0.25) is 15.9 Å². The molecule has 1 atom stereocenters. The van der Waals surface area contributed by atoms with E-state index in [1.54, 1.807) is 17.0 Å². The van der Waals surface area contributed by atoms with Crippen molar-refractivity contribution >= 4 is 50.6 Å².